The molecule has 0 spiro atoms. The summed E-state index contributed by atoms with van der Waals surface area (Å²) < 4.78 is 0. The molecule has 10 heteroatoms. The maximum atomic E-state index is 13.1. The molecule has 3 heterocycles. The van der Waals surface area contributed by atoms with Crippen molar-refractivity contribution >= 4 is 35.0 Å². The minimum atomic E-state index is -0.478. The molecule has 230 valence electrons. The molecule has 2 atom stereocenters. The summed E-state index contributed by atoms with van der Waals surface area (Å²) in [4.78, 5) is 53.9. The second-order valence-corrected chi connectivity index (χ2v) is 11.6. The molecule has 6 rings (SSSR count). The second kappa shape index (κ2) is 13.2. The Bertz CT molecular complexity index is 1680. The Morgan fingerprint density at radius 2 is 1.31 bits per heavy atom. The number of benzene rings is 3. The normalized spacial score (nSPS) is 17.7. The van der Waals surface area contributed by atoms with E-state index < -0.39 is 12.1 Å². The Kier molecular flexibility index (Phi) is 8.72. The van der Waals surface area contributed by atoms with Crippen molar-refractivity contribution in [3.8, 4) is 22.5 Å². The molecular weight excluding hydrogens is 568 g/mol. The number of H-pyrrole nitrogens is 1. The van der Waals surface area contributed by atoms with E-state index in [2.05, 4.69) is 20.8 Å². The number of carbonyl (C=O) groups excluding carboxylic acids is 4. The van der Waals surface area contributed by atoms with Crippen molar-refractivity contribution in [1.82, 2.24) is 20.0 Å². The van der Waals surface area contributed by atoms with Gasteiger partial charge in [0.05, 0.1) is 17.8 Å². The summed E-state index contributed by atoms with van der Waals surface area (Å²) in [7, 11) is 0. The Hall–Kier alpha value is -5.25. The van der Waals surface area contributed by atoms with E-state index in [1.807, 2.05) is 84.9 Å². The molecule has 4 amide bonds. The predicted molar refractivity (Wildman–Crippen MR) is 172 cm³/mol. The lowest BCUT2D eigenvalue weighted by molar-refractivity contribution is -0.136. The molecule has 4 aromatic rings. The first-order valence-corrected chi connectivity index (χ1v) is 15.3. The number of nitrogens with zero attached hydrogens (tertiary/aromatic N) is 3. The monoisotopic (exact) mass is 604 g/mol. The second-order valence-electron chi connectivity index (χ2n) is 11.6. The highest BCUT2D eigenvalue weighted by Gasteiger charge is 2.34. The van der Waals surface area contributed by atoms with Crippen LogP contribution < -0.4 is 10.6 Å². The van der Waals surface area contributed by atoms with Crippen LogP contribution in [0.15, 0.2) is 84.9 Å². The lowest BCUT2D eigenvalue weighted by Crippen LogP contribution is -2.43. The van der Waals surface area contributed by atoms with Gasteiger partial charge in [-0.3, -0.25) is 24.3 Å². The molecule has 3 N–H and O–H groups in total. The zero-order valence-electron chi connectivity index (χ0n) is 25.2. The van der Waals surface area contributed by atoms with Crippen LogP contribution in [0.2, 0.25) is 0 Å². The molecule has 2 aliphatic heterocycles. The average molecular weight is 605 g/mol. The molecule has 3 aromatic carbocycles. The lowest BCUT2D eigenvalue weighted by atomic mass is 10.1. The Morgan fingerprint density at radius 1 is 0.756 bits per heavy atom. The van der Waals surface area contributed by atoms with Crippen LogP contribution in [0.1, 0.15) is 38.2 Å². The summed E-state index contributed by atoms with van der Waals surface area (Å²) in [6.45, 7) is 2.69. The largest absolute Gasteiger partial charge is 0.331 e. The van der Waals surface area contributed by atoms with Crippen molar-refractivity contribution in [3.63, 3.8) is 0 Å². The smallest absolute Gasteiger partial charge is 0.247 e. The van der Waals surface area contributed by atoms with Gasteiger partial charge in [0.25, 0.3) is 0 Å². The number of rotatable bonds is 8. The van der Waals surface area contributed by atoms with Crippen LogP contribution in [-0.4, -0.2) is 68.8 Å². The number of aromatic nitrogens is 2. The highest BCUT2D eigenvalue weighted by Crippen LogP contribution is 2.27. The zero-order chi connectivity index (χ0) is 31.3. The molecule has 0 radical (unpaired) electrons. The van der Waals surface area contributed by atoms with E-state index in [9.17, 15) is 19.2 Å². The molecule has 2 fully saturated rings. The van der Waals surface area contributed by atoms with Crippen molar-refractivity contribution in [2.24, 2.45) is 0 Å². The third-order valence-electron chi connectivity index (χ3n) is 8.52. The Balaban J connectivity index is 1.05. The molecule has 45 heavy (non-hydrogen) atoms. The maximum Gasteiger partial charge on any atom is 0.247 e. The number of hydrogen-bond donors (Lipinski definition) is 3. The van der Waals surface area contributed by atoms with Crippen LogP contribution >= 0.6 is 0 Å². The fourth-order valence-electron chi connectivity index (χ4n) is 6.15. The summed E-state index contributed by atoms with van der Waals surface area (Å²) in [5.41, 5.74) is 5.62. The molecule has 2 aliphatic rings. The molecule has 2 saturated heterocycles. The first-order chi connectivity index (χ1) is 21.9. The van der Waals surface area contributed by atoms with Gasteiger partial charge < -0.3 is 20.4 Å². The van der Waals surface area contributed by atoms with Gasteiger partial charge in [0.1, 0.15) is 12.1 Å². The minimum Gasteiger partial charge on any atom is -0.331 e. The van der Waals surface area contributed by atoms with Crippen molar-refractivity contribution in [1.29, 1.82) is 0 Å². The molecular formula is C35H36N6O4. The molecule has 0 aliphatic carbocycles. The number of amides is 4. The van der Waals surface area contributed by atoms with Crippen molar-refractivity contribution in [2.75, 3.05) is 23.7 Å². The van der Waals surface area contributed by atoms with E-state index in [1.54, 1.807) is 9.80 Å². The van der Waals surface area contributed by atoms with E-state index in [-0.39, 0.29) is 30.0 Å². The molecule has 10 nitrogen and oxygen atoms in total. The third kappa shape index (κ3) is 6.80. The van der Waals surface area contributed by atoms with Crippen LogP contribution in [0.4, 0.5) is 11.4 Å². The molecule has 0 unspecified atom stereocenters. The van der Waals surface area contributed by atoms with Crippen LogP contribution in [-0.2, 0) is 25.6 Å². The average Bonchev–Trinajstić information content (AvgIpc) is 3.84. The van der Waals surface area contributed by atoms with Gasteiger partial charge in [-0.25, -0.2) is 0 Å². The van der Waals surface area contributed by atoms with Gasteiger partial charge in [-0.2, -0.15) is 5.10 Å². The summed E-state index contributed by atoms with van der Waals surface area (Å²) in [5, 5.41) is 13.4. The first-order valence-electron chi connectivity index (χ1n) is 15.3. The quantitative estimate of drug-likeness (QED) is 0.265. The maximum absolute atomic E-state index is 13.1. The van der Waals surface area contributed by atoms with E-state index in [0.29, 0.717) is 37.3 Å². The number of anilines is 2. The lowest BCUT2D eigenvalue weighted by Gasteiger charge is -2.24. The van der Waals surface area contributed by atoms with Crippen molar-refractivity contribution < 1.29 is 19.2 Å². The van der Waals surface area contributed by atoms with E-state index in [4.69, 9.17) is 0 Å². The van der Waals surface area contributed by atoms with Crippen molar-refractivity contribution in [3.05, 3.63) is 90.5 Å². The van der Waals surface area contributed by atoms with E-state index >= 15 is 0 Å². The topological polar surface area (TPSA) is 127 Å². The highest BCUT2D eigenvalue weighted by molar-refractivity contribution is 5.98. The fraction of sp³-hybridized carbons (Fsp3) is 0.286. The van der Waals surface area contributed by atoms with Gasteiger partial charge in [0.15, 0.2) is 0 Å². The Labute approximate surface area is 261 Å². The standard InChI is InChI=1S/C35H36N6O4/c1-23(42)40-19-5-9-31(40)34(44)36-27-15-11-25(12-16-27)29-22-30(39-38-29)26-13-17-28(18-14-26)37-35(45)32-10-6-20-41(32)33(43)21-24-7-3-2-4-8-24/h2-4,7-8,11-18,22,31-32H,5-6,9-10,19-21H2,1H3,(H,36,44)(H,37,45)(H,38,39)/t31-,32-/m0/s1. The summed E-state index contributed by atoms with van der Waals surface area (Å²) in [5.74, 6) is -0.465. The van der Waals surface area contributed by atoms with Crippen LogP contribution in [0.3, 0.4) is 0 Å². The third-order valence-corrected chi connectivity index (χ3v) is 8.52. The zero-order valence-corrected chi connectivity index (χ0v) is 25.2. The number of hydrogen-bond acceptors (Lipinski definition) is 5. The fourth-order valence-corrected chi connectivity index (χ4v) is 6.15. The van der Waals surface area contributed by atoms with Crippen LogP contribution in [0.5, 0.6) is 0 Å². The molecule has 1 aromatic heterocycles. The Morgan fingerprint density at radius 3 is 1.91 bits per heavy atom. The predicted octanol–water partition coefficient (Wildman–Crippen LogP) is 4.87. The van der Waals surface area contributed by atoms with Gasteiger partial charge in [-0.1, -0.05) is 54.6 Å². The minimum absolute atomic E-state index is 0.0336. The van der Waals surface area contributed by atoms with E-state index in [1.165, 1.54) is 6.92 Å². The van der Waals surface area contributed by atoms with Crippen LogP contribution in [0.25, 0.3) is 22.5 Å². The number of likely N-dealkylation sites (tertiary alicyclic amines) is 2. The number of aromatic amines is 1. The van der Waals surface area contributed by atoms with Gasteiger partial charge >= 0.3 is 0 Å². The summed E-state index contributed by atoms with van der Waals surface area (Å²) >= 11 is 0. The SMILES string of the molecule is CC(=O)N1CCC[C@H]1C(=O)Nc1ccc(-c2cc(-c3ccc(NC(=O)[C@@H]4CCCN4C(=O)Cc4ccccc4)cc3)[nH]n2)cc1. The molecule has 0 saturated carbocycles. The summed E-state index contributed by atoms with van der Waals surface area (Å²) in [6.07, 6.45) is 3.23. The number of nitrogens with one attached hydrogen (secondary N) is 3. The molecule has 0 bridgehead atoms. The number of carbonyl (C=O) groups is 4. The van der Waals surface area contributed by atoms with Gasteiger partial charge in [-0.15, -0.1) is 0 Å². The summed E-state index contributed by atoms with van der Waals surface area (Å²) in [6, 6.07) is 25.6. The van der Waals surface area contributed by atoms with Gasteiger partial charge in [-0.05, 0) is 67.1 Å². The first kappa shape index (κ1) is 29.8. The van der Waals surface area contributed by atoms with Gasteiger partial charge in [0.2, 0.25) is 23.6 Å². The highest BCUT2D eigenvalue weighted by atomic mass is 16.2. The van der Waals surface area contributed by atoms with E-state index in [0.717, 1.165) is 40.9 Å². The van der Waals surface area contributed by atoms with Crippen molar-refractivity contribution in [2.45, 2.75) is 51.1 Å². The van der Waals surface area contributed by atoms with Crippen LogP contribution in [0, 0.1) is 0 Å². The van der Waals surface area contributed by atoms with Gasteiger partial charge in [0, 0.05) is 37.0 Å².